The van der Waals surface area contributed by atoms with Crippen LogP contribution in [0.5, 0.6) is 11.5 Å². The zero-order valence-corrected chi connectivity index (χ0v) is 18.3. The van der Waals surface area contributed by atoms with Crippen molar-refractivity contribution in [3.8, 4) is 11.5 Å². The summed E-state index contributed by atoms with van der Waals surface area (Å²) in [7, 11) is 0. The van der Waals surface area contributed by atoms with Crippen LogP contribution in [0, 0.1) is 0 Å². The van der Waals surface area contributed by atoms with Gasteiger partial charge in [-0.1, -0.05) is 31.2 Å². The molecule has 32 heavy (non-hydrogen) atoms. The maximum atomic E-state index is 6.02. The second-order valence-corrected chi connectivity index (χ2v) is 7.41. The fourth-order valence-corrected chi connectivity index (χ4v) is 3.36. The second-order valence-electron chi connectivity index (χ2n) is 7.41. The lowest BCUT2D eigenvalue weighted by molar-refractivity contribution is 0.287. The monoisotopic (exact) mass is 432 g/mol. The number of nitrogens with one attached hydrogen (secondary N) is 1. The van der Waals surface area contributed by atoms with Gasteiger partial charge in [0.15, 0.2) is 5.82 Å². The van der Waals surface area contributed by atoms with Gasteiger partial charge in [-0.15, -0.1) is 10.2 Å². The molecule has 1 N–H and O–H groups in total. The van der Waals surface area contributed by atoms with E-state index < -0.39 is 0 Å². The molecule has 4 rings (SSSR count). The molecular formula is C24H28N6O2. The first-order valence-electron chi connectivity index (χ1n) is 11.1. The van der Waals surface area contributed by atoms with Gasteiger partial charge in [-0.05, 0) is 49.9 Å². The Morgan fingerprint density at radius 3 is 2.09 bits per heavy atom. The van der Waals surface area contributed by atoms with E-state index in [1.807, 2.05) is 55.5 Å². The van der Waals surface area contributed by atoms with E-state index in [2.05, 4.69) is 25.8 Å². The van der Waals surface area contributed by atoms with E-state index in [1.165, 1.54) is 0 Å². The third kappa shape index (κ3) is 5.51. The minimum Gasteiger partial charge on any atom is -0.493 e. The minimum atomic E-state index is 0.434. The maximum Gasteiger partial charge on any atom is 0.266 e. The number of hydrogen-bond donors (Lipinski definition) is 1. The number of aryl methyl sites for hydroxylation is 1. The van der Waals surface area contributed by atoms with Crippen LogP contribution in [0.2, 0.25) is 0 Å². The number of anilines is 1. The first kappa shape index (κ1) is 21.5. The number of hydrogen-bond acceptors (Lipinski definition) is 7. The Kier molecular flexibility index (Phi) is 7.46. The van der Waals surface area contributed by atoms with Gasteiger partial charge in [0.2, 0.25) is 0 Å². The lowest BCUT2D eigenvalue weighted by atomic mass is 10.2. The van der Waals surface area contributed by atoms with Crippen molar-refractivity contribution in [1.82, 2.24) is 14.9 Å². The summed E-state index contributed by atoms with van der Waals surface area (Å²) in [4.78, 5) is 0. The lowest BCUT2D eigenvalue weighted by Gasteiger charge is -2.10. The Morgan fingerprint density at radius 2 is 1.44 bits per heavy atom. The summed E-state index contributed by atoms with van der Waals surface area (Å²) in [6.45, 7) is 3.35. The van der Waals surface area contributed by atoms with Crippen LogP contribution in [-0.2, 0) is 6.42 Å². The first-order chi connectivity index (χ1) is 15.8. The van der Waals surface area contributed by atoms with E-state index in [4.69, 9.17) is 9.47 Å². The molecule has 8 nitrogen and oxygen atoms in total. The van der Waals surface area contributed by atoms with E-state index in [0.717, 1.165) is 54.1 Å². The molecule has 166 valence electrons. The van der Waals surface area contributed by atoms with Crippen molar-refractivity contribution in [1.29, 1.82) is 0 Å². The Hall–Kier alpha value is -3.68. The molecule has 0 atom stereocenters. The highest BCUT2D eigenvalue weighted by atomic mass is 16.5. The second kappa shape index (κ2) is 11.1. The molecular weight excluding hydrogens is 404 g/mol. The zero-order valence-electron chi connectivity index (χ0n) is 18.3. The van der Waals surface area contributed by atoms with E-state index in [0.29, 0.717) is 25.6 Å². The minimum absolute atomic E-state index is 0.434. The number of hydrazone groups is 1. The lowest BCUT2D eigenvalue weighted by Crippen LogP contribution is -2.04. The van der Waals surface area contributed by atoms with Crippen LogP contribution < -0.4 is 14.9 Å². The van der Waals surface area contributed by atoms with Crippen molar-refractivity contribution in [2.24, 2.45) is 10.2 Å². The zero-order chi connectivity index (χ0) is 22.0. The van der Waals surface area contributed by atoms with Gasteiger partial charge in [-0.2, -0.15) is 14.9 Å². The van der Waals surface area contributed by atoms with Gasteiger partial charge in [-0.3, -0.25) is 0 Å². The number of nitrogens with zero attached hydrogens (tertiary/aromatic N) is 5. The molecule has 2 heterocycles. The van der Waals surface area contributed by atoms with Crippen molar-refractivity contribution < 1.29 is 9.47 Å². The van der Waals surface area contributed by atoms with Crippen molar-refractivity contribution in [2.75, 3.05) is 18.6 Å². The third-order valence-electron chi connectivity index (χ3n) is 5.09. The van der Waals surface area contributed by atoms with E-state index in [9.17, 15) is 0 Å². The van der Waals surface area contributed by atoms with Gasteiger partial charge in [0.25, 0.3) is 5.95 Å². The van der Waals surface area contributed by atoms with Crippen LogP contribution in [0.15, 0.2) is 58.7 Å². The van der Waals surface area contributed by atoms with Gasteiger partial charge in [0, 0.05) is 17.5 Å². The summed E-state index contributed by atoms with van der Waals surface area (Å²) in [5.41, 5.74) is 4.75. The number of para-hydroxylation sites is 2. The van der Waals surface area contributed by atoms with E-state index in [1.54, 1.807) is 17.1 Å². The maximum absolute atomic E-state index is 6.02. The first-order valence-corrected chi connectivity index (χ1v) is 11.1. The highest BCUT2D eigenvalue weighted by molar-refractivity contribution is 5.84. The van der Waals surface area contributed by atoms with Crippen LogP contribution >= 0.6 is 0 Å². The van der Waals surface area contributed by atoms with Crippen LogP contribution in [0.3, 0.4) is 0 Å². The fraction of sp³-hybridized carbons (Fsp3) is 0.333. The Balaban J connectivity index is 1.63. The molecule has 1 aromatic heterocycles. The topological polar surface area (TPSA) is 85.9 Å². The molecule has 0 amide bonds. The smallest absolute Gasteiger partial charge is 0.266 e. The summed E-state index contributed by atoms with van der Waals surface area (Å²) in [5, 5.41) is 17.4. The predicted molar refractivity (Wildman–Crippen MR) is 126 cm³/mol. The Bertz CT molecular complexity index is 1080. The summed E-state index contributed by atoms with van der Waals surface area (Å²) in [6.07, 6.45) is 8.36. The molecule has 0 saturated carbocycles. The highest BCUT2D eigenvalue weighted by Gasteiger charge is 2.10. The van der Waals surface area contributed by atoms with Gasteiger partial charge in [0.1, 0.15) is 11.5 Å². The number of fused-ring (bicyclic) bond motifs is 3. The molecule has 0 unspecified atom stereocenters. The van der Waals surface area contributed by atoms with E-state index in [-0.39, 0.29) is 0 Å². The molecule has 2 aromatic carbocycles. The van der Waals surface area contributed by atoms with Gasteiger partial charge < -0.3 is 9.47 Å². The standard InChI is InChI=1S/C24H28N6O2/c1-2-23-27-29-24-28-25-17-19-11-5-7-13-21(19)31-15-9-3-4-10-16-32-22-14-8-6-12-20(22)18-26-30(23)24/h5-8,11-14,17-18H,2-4,9-10,15-16H2,1H3,(H,28,29)/b25-17+,26-18+. The summed E-state index contributed by atoms with van der Waals surface area (Å²) >= 11 is 0. The fourth-order valence-electron chi connectivity index (χ4n) is 3.36. The molecule has 0 aliphatic carbocycles. The van der Waals surface area contributed by atoms with Crippen molar-refractivity contribution >= 4 is 18.4 Å². The van der Waals surface area contributed by atoms with Gasteiger partial charge in [0.05, 0.1) is 25.6 Å². The Labute approximate surface area is 188 Å². The summed E-state index contributed by atoms with van der Waals surface area (Å²) in [5.74, 6) is 2.78. The molecule has 1 aliphatic heterocycles. The molecule has 0 radical (unpaired) electrons. The van der Waals surface area contributed by atoms with E-state index >= 15 is 0 Å². The Morgan fingerprint density at radius 1 is 0.812 bits per heavy atom. The van der Waals surface area contributed by atoms with Gasteiger partial charge >= 0.3 is 0 Å². The van der Waals surface area contributed by atoms with Crippen LogP contribution in [0.25, 0.3) is 0 Å². The average Bonchev–Trinajstić information content (AvgIpc) is 3.22. The average molecular weight is 433 g/mol. The van der Waals surface area contributed by atoms with Crippen molar-refractivity contribution in [2.45, 2.75) is 39.0 Å². The highest BCUT2D eigenvalue weighted by Crippen LogP contribution is 2.19. The van der Waals surface area contributed by atoms with Crippen molar-refractivity contribution in [3.63, 3.8) is 0 Å². The number of aromatic nitrogens is 3. The molecule has 0 bridgehead atoms. The largest absolute Gasteiger partial charge is 0.493 e. The van der Waals surface area contributed by atoms with Crippen LogP contribution in [0.4, 0.5) is 5.95 Å². The van der Waals surface area contributed by atoms with Gasteiger partial charge in [-0.25, -0.2) is 5.43 Å². The number of ether oxygens (including phenoxy) is 2. The number of benzene rings is 2. The molecule has 0 fully saturated rings. The summed E-state index contributed by atoms with van der Waals surface area (Å²) in [6, 6.07) is 15.7. The third-order valence-corrected chi connectivity index (χ3v) is 5.09. The molecule has 8 heteroatoms. The molecule has 1 aliphatic rings. The molecule has 3 aromatic rings. The van der Waals surface area contributed by atoms with Crippen LogP contribution in [0.1, 0.15) is 49.6 Å². The SMILES string of the molecule is CCc1nnc2n1/N=C/c1ccccc1OCCCCCCOc1ccccc1/C=N/N2. The quantitative estimate of drug-likeness (QED) is 0.612. The molecule has 0 saturated heterocycles. The summed E-state index contributed by atoms with van der Waals surface area (Å²) < 4.78 is 13.7. The van der Waals surface area contributed by atoms with Crippen LogP contribution in [-0.4, -0.2) is 40.5 Å². The predicted octanol–water partition coefficient (Wildman–Crippen LogP) is 4.50. The van der Waals surface area contributed by atoms with Crippen molar-refractivity contribution in [3.05, 3.63) is 65.5 Å². The molecule has 0 spiro atoms. The number of rotatable bonds is 1. The normalized spacial score (nSPS) is 16.9.